The minimum absolute atomic E-state index is 0.224. The fourth-order valence-corrected chi connectivity index (χ4v) is 4.85. The van der Waals surface area contributed by atoms with Gasteiger partial charge in [0.25, 0.3) is 5.91 Å². The summed E-state index contributed by atoms with van der Waals surface area (Å²) in [5.74, 6) is 0.313. The predicted octanol–water partition coefficient (Wildman–Crippen LogP) is 6.50. The first kappa shape index (κ1) is 23.3. The number of halogens is 2. The van der Waals surface area contributed by atoms with Crippen LogP contribution in [0.3, 0.4) is 0 Å². The molecule has 1 aliphatic heterocycles. The molecule has 0 unspecified atom stereocenters. The van der Waals surface area contributed by atoms with Gasteiger partial charge in [-0.25, -0.2) is 4.79 Å². The van der Waals surface area contributed by atoms with Gasteiger partial charge in [-0.05, 0) is 80.6 Å². The Kier molecular flexibility index (Phi) is 7.00. The molecule has 5 nitrogen and oxygen atoms in total. The van der Waals surface area contributed by atoms with Crippen molar-refractivity contribution in [2.24, 2.45) is 0 Å². The van der Waals surface area contributed by atoms with Gasteiger partial charge in [-0.3, -0.25) is 9.69 Å². The summed E-state index contributed by atoms with van der Waals surface area (Å²) < 4.78 is 7.47. The number of carbonyl (C=O) groups is 2. The molecule has 1 heterocycles. The van der Waals surface area contributed by atoms with Crippen LogP contribution in [0, 0.1) is 13.8 Å². The van der Waals surface area contributed by atoms with Crippen molar-refractivity contribution in [3.63, 3.8) is 0 Å². The number of urea groups is 1. The molecule has 1 saturated heterocycles. The molecule has 0 aromatic heterocycles. The molecule has 0 bridgehead atoms. The number of hydrogen-bond donors (Lipinski definition) is 1. The van der Waals surface area contributed by atoms with Gasteiger partial charge in [0.05, 0.1) is 15.5 Å². The van der Waals surface area contributed by atoms with E-state index >= 15 is 0 Å². The highest BCUT2D eigenvalue weighted by Crippen LogP contribution is 2.36. The van der Waals surface area contributed by atoms with Crippen molar-refractivity contribution in [2.75, 3.05) is 0 Å². The molecule has 1 aliphatic rings. The minimum Gasteiger partial charge on any atom is -0.487 e. The summed E-state index contributed by atoms with van der Waals surface area (Å²) in [6, 6.07) is 19.2. The van der Waals surface area contributed by atoms with E-state index < -0.39 is 6.03 Å². The maximum absolute atomic E-state index is 12.8. The molecule has 0 spiro atoms. The number of rotatable bonds is 6. The van der Waals surface area contributed by atoms with Crippen LogP contribution in [0.5, 0.6) is 5.75 Å². The number of aryl methyl sites for hydroxylation is 2. The van der Waals surface area contributed by atoms with Crippen molar-refractivity contribution in [1.29, 1.82) is 0 Å². The Balaban J connectivity index is 1.49. The third-order valence-corrected chi connectivity index (χ3v) is 6.44. The lowest BCUT2D eigenvalue weighted by atomic mass is 10.1. The number of nitrogens with zero attached hydrogens (tertiary/aromatic N) is 1. The van der Waals surface area contributed by atoms with Crippen molar-refractivity contribution in [3.8, 4) is 5.75 Å². The van der Waals surface area contributed by atoms with Crippen molar-refractivity contribution in [1.82, 2.24) is 10.2 Å². The van der Waals surface area contributed by atoms with E-state index in [2.05, 4.69) is 37.2 Å². The third kappa shape index (κ3) is 5.54. The Morgan fingerprint density at radius 3 is 2.00 bits per heavy atom. The lowest BCUT2D eigenvalue weighted by Crippen LogP contribution is -2.30. The predicted molar refractivity (Wildman–Crippen MR) is 136 cm³/mol. The number of nitrogens with one attached hydrogen (secondary N) is 1. The zero-order valence-corrected chi connectivity index (χ0v) is 21.4. The van der Waals surface area contributed by atoms with E-state index in [1.807, 2.05) is 74.5 Å². The van der Waals surface area contributed by atoms with Gasteiger partial charge in [-0.1, -0.05) is 59.7 Å². The van der Waals surface area contributed by atoms with Crippen LogP contribution in [0.2, 0.25) is 0 Å². The number of carbonyl (C=O) groups excluding carboxylic acids is 2. The number of amides is 3. The Morgan fingerprint density at radius 1 is 0.879 bits per heavy atom. The van der Waals surface area contributed by atoms with Crippen LogP contribution < -0.4 is 10.1 Å². The number of hydrogen-bond acceptors (Lipinski definition) is 3. The molecule has 1 N–H and O–H groups in total. The Bertz CT molecular complexity index is 1210. The van der Waals surface area contributed by atoms with E-state index in [-0.39, 0.29) is 18.1 Å². The second kappa shape index (κ2) is 9.93. The normalized spacial score (nSPS) is 14.7. The lowest BCUT2D eigenvalue weighted by molar-refractivity contribution is -0.123. The van der Waals surface area contributed by atoms with E-state index in [1.165, 1.54) is 10.5 Å². The van der Waals surface area contributed by atoms with E-state index in [9.17, 15) is 9.59 Å². The number of imide groups is 1. The molecule has 0 atom stereocenters. The summed E-state index contributed by atoms with van der Waals surface area (Å²) in [6.45, 7) is 4.69. The van der Waals surface area contributed by atoms with Gasteiger partial charge in [-0.2, -0.15) is 0 Å². The molecule has 7 heteroatoms. The van der Waals surface area contributed by atoms with Crippen molar-refractivity contribution in [3.05, 3.63) is 103 Å². The highest BCUT2D eigenvalue weighted by Gasteiger charge is 2.33. The Labute approximate surface area is 209 Å². The van der Waals surface area contributed by atoms with Crippen molar-refractivity contribution < 1.29 is 14.3 Å². The van der Waals surface area contributed by atoms with Crippen LogP contribution in [0.25, 0.3) is 6.08 Å². The summed E-state index contributed by atoms with van der Waals surface area (Å²) in [6.07, 6.45) is 1.66. The summed E-state index contributed by atoms with van der Waals surface area (Å²) >= 11 is 7.11. The van der Waals surface area contributed by atoms with Crippen LogP contribution in [-0.2, 0) is 17.9 Å². The second-order valence-corrected chi connectivity index (χ2v) is 9.66. The van der Waals surface area contributed by atoms with E-state index in [0.717, 1.165) is 31.2 Å². The van der Waals surface area contributed by atoms with Crippen LogP contribution in [0.15, 0.2) is 75.3 Å². The fourth-order valence-electron chi connectivity index (χ4n) is 3.40. The monoisotopic (exact) mass is 568 g/mol. The largest absolute Gasteiger partial charge is 0.487 e. The van der Waals surface area contributed by atoms with Crippen LogP contribution >= 0.6 is 31.9 Å². The zero-order chi connectivity index (χ0) is 23.5. The molecule has 0 saturated carbocycles. The molecule has 168 valence electrons. The molecule has 3 aromatic rings. The van der Waals surface area contributed by atoms with Crippen LogP contribution in [-0.4, -0.2) is 16.8 Å². The first-order chi connectivity index (χ1) is 15.8. The van der Waals surface area contributed by atoms with Crippen molar-refractivity contribution in [2.45, 2.75) is 27.0 Å². The number of benzene rings is 3. The average Bonchev–Trinajstić information content (AvgIpc) is 3.03. The molecule has 33 heavy (non-hydrogen) atoms. The third-order valence-electron chi connectivity index (χ3n) is 5.26. The van der Waals surface area contributed by atoms with E-state index in [0.29, 0.717) is 12.4 Å². The van der Waals surface area contributed by atoms with Gasteiger partial charge in [0.1, 0.15) is 18.1 Å². The molecular weight excluding hydrogens is 548 g/mol. The zero-order valence-electron chi connectivity index (χ0n) is 18.2. The molecule has 4 rings (SSSR count). The molecule has 1 fully saturated rings. The standard InChI is InChI=1S/C26H22Br2N2O3/c1-16-3-7-18(8-4-16)14-30-25(31)23(29-26(30)32)13-20-11-21(27)24(22(28)12-20)33-15-19-9-5-17(2)6-10-19/h3-13H,14-15H2,1-2H3,(H,29,32)/b23-13+. The Morgan fingerprint density at radius 2 is 1.42 bits per heavy atom. The maximum Gasteiger partial charge on any atom is 0.329 e. The summed E-state index contributed by atoms with van der Waals surface area (Å²) in [5.41, 5.74) is 5.27. The van der Waals surface area contributed by atoms with E-state index in [1.54, 1.807) is 6.08 Å². The van der Waals surface area contributed by atoms with Gasteiger partial charge < -0.3 is 10.1 Å². The first-order valence-corrected chi connectivity index (χ1v) is 12.0. The van der Waals surface area contributed by atoms with Gasteiger partial charge in [0.15, 0.2) is 0 Å². The second-order valence-electron chi connectivity index (χ2n) is 7.95. The van der Waals surface area contributed by atoms with Crippen LogP contribution in [0.4, 0.5) is 4.79 Å². The first-order valence-electron chi connectivity index (χ1n) is 10.4. The van der Waals surface area contributed by atoms with Gasteiger partial charge in [0.2, 0.25) is 0 Å². The number of ether oxygens (including phenoxy) is 1. The minimum atomic E-state index is -0.428. The summed E-state index contributed by atoms with van der Waals surface area (Å²) in [4.78, 5) is 26.4. The molecule has 0 radical (unpaired) electrons. The van der Waals surface area contributed by atoms with Gasteiger partial charge in [0, 0.05) is 0 Å². The van der Waals surface area contributed by atoms with E-state index in [4.69, 9.17) is 4.74 Å². The summed E-state index contributed by atoms with van der Waals surface area (Å²) in [5, 5.41) is 2.68. The van der Waals surface area contributed by atoms with Crippen LogP contribution in [0.1, 0.15) is 27.8 Å². The Hall–Kier alpha value is -2.90. The molecule has 3 aromatic carbocycles. The summed E-state index contributed by atoms with van der Waals surface area (Å²) in [7, 11) is 0. The SMILES string of the molecule is Cc1ccc(COc2c(Br)cc(/C=C3/NC(=O)N(Cc4ccc(C)cc4)C3=O)cc2Br)cc1. The highest BCUT2D eigenvalue weighted by atomic mass is 79.9. The lowest BCUT2D eigenvalue weighted by Gasteiger charge is -2.12. The quantitative estimate of drug-likeness (QED) is 0.272. The topological polar surface area (TPSA) is 58.6 Å². The molecule has 3 amide bonds. The fraction of sp³-hybridized carbons (Fsp3) is 0.154. The van der Waals surface area contributed by atoms with Crippen molar-refractivity contribution >= 4 is 49.9 Å². The molecular formula is C26H22Br2N2O3. The van der Waals surface area contributed by atoms with Gasteiger partial charge >= 0.3 is 6.03 Å². The maximum atomic E-state index is 12.8. The average molecular weight is 570 g/mol. The van der Waals surface area contributed by atoms with Gasteiger partial charge in [-0.15, -0.1) is 0 Å². The molecule has 0 aliphatic carbocycles. The smallest absolute Gasteiger partial charge is 0.329 e. The highest BCUT2D eigenvalue weighted by molar-refractivity contribution is 9.11.